The van der Waals surface area contributed by atoms with E-state index in [0.29, 0.717) is 17.0 Å². The number of halogens is 1. The van der Waals surface area contributed by atoms with E-state index in [2.05, 4.69) is 30.4 Å². The SMILES string of the molecule is CC(N[C@@H](CC#N)c1ccccc1)C(Cc1ccc(Cl)cc1)c1cccc(C#N)c1. The third kappa shape index (κ3) is 5.71. The molecule has 0 heterocycles. The number of nitrogens with zero attached hydrogens (tertiary/aromatic N) is 2. The number of hydrogen-bond acceptors (Lipinski definition) is 3. The fourth-order valence-electron chi connectivity index (χ4n) is 3.78. The molecule has 3 nitrogen and oxygen atoms in total. The first-order valence-electron chi connectivity index (χ1n) is 10.0. The van der Waals surface area contributed by atoms with Crippen LogP contribution in [-0.2, 0) is 6.42 Å². The summed E-state index contributed by atoms with van der Waals surface area (Å²) < 4.78 is 0. The summed E-state index contributed by atoms with van der Waals surface area (Å²) >= 11 is 6.06. The molecule has 0 saturated heterocycles. The zero-order valence-corrected chi connectivity index (χ0v) is 17.7. The minimum Gasteiger partial charge on any atom is -0.306 e. The molecule has 30 heavy (non-hydrogen) atoms. The van der Waals surface area contributed by atoms with Crippen LogP contribution in [0.15, 0.2) is 78.9 Å². The van der Waals surface area contributed by atoms with Crippen LogP contribution < -0.4 is 5.32 Å². The predicted molar refractivity (Wildman–Crippen MR) is 121 cm³/mol. The number of nitriles is 2. The van der Waals surface area contributed by atoms with E-state index >= 15 is 0 Å². The zero-order chi connectivity index (χ0) is 21.3. The minimum atomic E-state index is -0.0573. The Kier molecular flexibility index (Phi) is 7.63. The molecule has 3 rings (SSSR count). The number of nitrogens with one attached hydrogen (secondary N) is 1. The van der Waals surface area contributed by atoms with Crippen molar-refractivity contribution >= 4 is 11.6 Å². The Morgan fingerprint density at radius 2 is 1.60 bits per heavy atom. The molecule has 0 fully saturated rings. The first-order chi connectivity index (χ1) is 14.6. The van der Waals surface area contributed by atoms with Gasteiger partial charge in [0.25, 0.3) is 0 Å². The summed E-state index contributed by atoms with van der Waals surface area (Å²) in [6.07, 6.45) is 1.19. The molecule has 0 saturated carbocycles. The van der Waals surface area contributed by atoms with E-state index < -0.39 is 0 Å². The molecule has 0 spiro atoms. The van der Waals surface area contributed by atoms with Crippen LogP contribution in [0.4, 0.5) is 0 Å². The highest BCUT2D eigenvalue weighted by Gasteiger charge is 2.23. The molecular formula is C26H24ClN3. The molecule has 0 aliphatic rings. The van der Waals surface area contributed by atoms with Crippen molar-refractivity contribution in [1.29, 1.82) is 10.5 Å². The van der Waals surface area contributed by atoms with Crippen LogP contribution in [-0.4, -0.2) is 6.04 Å². The maximum Gasteiger partial charge on any atom is 0.0991 e. The van der Waals surface area contributed by atoms with E-state index in [1.54, 1.807) is 0 Å². The second-order valence-corrected chi connectivity index (χ2v) is 7.89. The second kappa shape index (κ2) is 10.6. The summed E-state index contributed by atoms with van der Waals surface area (Å²) in [5, 5.41) is 23.1. The van der Waals surface area contributed by atoms with Crippen molar-refractivity contribution < 1.29 is 0 Å². The van der Waals surface area contributed by atoms with Crippen molar-refractivity contribution in [1.82, 2.24) is 5.32 Å². The van der Waals surface area contributed by atoms with Gasteiger partial charge >= 0.3 is 0 Å². The van der Waals surface area contributed by atoms with Crippen molar-refractivity contribution in [3.63, 3.8) is 0 Å². The van der Waals surface area contributed by atoms with Crippen molar-refractivity contribution in [2.45, 2.75) is 37.8 Å². The van der Waals surface area contributed by atoms with E-state index in [0.717, 1.165) is 17.5 Å². The van der Waals surface area contributed by atoms with Gasteiger partial charge in [-0.15, -0.1) is 0 Å². The largest absolute Gasteiger partial charge is 0.306 e. The molecule has 150 valence electrons. The summed E-state index contributed by atoms with van der Waals surface area (Å²) in [6.45, 7) is 2.15. The molecule has 0 aromatic heterocycles. The Bertz CT molecular complexity index is 1030. The lowest BCUT2D eigenvalue weighted by Crippen LogP contribution is -2.36. The maximum absolute atomic E-state index is 9.36. The summed E-state index contributed by atoms with van der Waals surface area (Å²) in [6, 6.07) is 30.3. The van der Waals surface area contributed by atoms with Gasteiger partial charge in [0.05, 0.1) is 24.1 Å². The Labute approximate surface area is 183 Å². The van der Waals surface area contributed by atoms with Gasteiger partial charge in [0.15, 0.2) is 0 Å². The van der Waals surface area contributed by atoms with Crippen molar-refractivity contribution in [3.05, 3.63) is 106 Å². The topological polar surface area (TPSA) is 59.6 Å². The lowest BCUT2D eigenvalue weighted by atomic mass is 9.85. The van der Waals surface area contributed by atoms with Crippen molar-refractivity contribution in [2.75, 3.05) is 0 Å². The van der Waals surface area contributed by atoms with E-state index in [4.69, 9.17) is 11.6 Å². The van der Waals surface area contributed by atoms with Crippen LogP contribution >= 0.6 is 11.6 Å². The highest BCUT2D eigenvalue weighted by Crippen LogP contribution is 2.28. The monoisotopic (exact) mass is 413 g/mol. The van der Waals surface area contributed by atoms with Gasteiger partial charge in [-0.3, -0.25) is 0 Å². The smallest absolute Gasteiger partial charge is 0.0991 e. The van der Waals surface area contributed by atoms with Gasteiger partial charge in [-0.25, -0.2) is 0 Å². The number of rotatable bonds is 8. The van der Waals surface area contributed by atoms with Gasteiger partial charge in [-0.1, -0.05) is 66.2 Å². The summed E-state index contributed by atoms with van der Waals surface area (Å²) in [5.41, 5.74) is 4.03. The normalized spacial score (nSPS) is 13.6. The van der Waals surface area contributed by atoms with Gasteiger partial charge in [-0.2, -0.15) is 10.5 Å². The number of benzene rings is 3. The predicted octanol–water partition coefficient (Wildman–Crippen LogP) is 6.17. The van der Waals surface area contributed by atoms with Crippen molar-refractivity contribution in [3.8, 4) is 12.1 Å². The molecule has 0 radical (unpaired) electrons. The van der Waals surface area contributed by atoms with E-state index in [1.165, 1.54) is 5.56 Å². The Balaban J connectivity index is 1.90. The first-order valence-corrected chi connectivity index (χ1v) is 10.4. The molecular weight excluding hydrogens is 390 g/mol. The molecule has 4 heteroatoms. The highest BCUT2D eigenvalue weighted by atomic mass is 35.5. The lowest BCUT2D eigenvalue weighted by molar-refractivity contribution is 0.401. The number of hydrogen-bond donors (Lipinski definition) is 1. The van der Waals surface area contributed by atoms with E-state index in [1.807, 2.05) is 72.8 Å². The zero-order valence-electron chi connectivity index (χ0n) is 16.9. The maximum atomic E-state index is 9.36. The summed E-state index contributed by atoms with van der Waals surface area (Å²) in [7, 11) is 0. The van der Waals surface area contributed by atoms with Crippen LogP contribution in [0.25, 0.3) is 0 Å². The molecule has 3 aromatic rings. The van der Waals surface area contributed by atoms with Crippen molar-refractivity contribution in [2.24, 2.45) is 0 Å². The Morgan fingerprint density at radius 1 is 0.900 bits per heavy atom. The van der Waals surface area contributed by atoms with E-state index in [-0.39, 0.29) is 18.0 Å². The third-order valence-corrected chi connectivity index (χ3v) is 5.63. The average Bonchev–Trinajstić information content (AvgIpc) is 2.79. The Hall–Kier alpha value is -3.11. The average molecular weight is 414 g/mol. The molecule has 3 atom stereocenters. The molecule has 0 aliphatic carbocycles. The first kappa shape index (κ1) is 21.6. The molecule has 3 aromatic carbocycles. The standard InChI is InChI=1S/C26H24ClN3/c1-19(30-26(14-15-28)22-7-3-2-4-8-22)25(17-20-10-12-24(27)13-11-20)23-9-5-6-21(16-23)18-29/h2-13,16,19,25-26,30H,14,17H2,1H3/t19?,25?,26-/m0/s1. The quantitative estimate of drug-likeness (QED) is 0.480. The lowest BCUT2D eigenvalue weighted by Gasteiger charge is -2.30. The Morgan fingerprint density at radius 3 is 2.27 bits per heavy atom. The van der Waals surface area contributed by atoms with Gasteiger partial charge in [0, 0.05) is 23.0 Å². The molecule has 2 unspecified atom stereocenters. The van der Waals surface area contributed by atoms with Crippen LogP contribution in [0, 0.1) is 22.7 Å². The fourth-order valence-corrected chi connectivity index (χ4v) is 3.91. The van der Waals surface area contributed by atoms with Gasteiger partial charge in [0.2, 0.25) is 0 Å². The van der Waals surface area contributed by atoms with Crippen LogP contribution in [0.3, 0.4) is 0 Å². The van der Waals surface area contributed by atoms with Gasteiger partial charge in [0.1, 0.15) is 0 Å². The third-order valence-electron chi connectivity index (χ3n) is 5.38. The fraction of sp³-hybridized carbons (Fsp3) is 0.231. The van der Waals surface area contributed by atoms with E-state index in [9.17, 15) is 10.5 Å². The van der Waals surface area contributed by atoms with Crippen LogP contribution in [0.5, 0.6) is 0 Å². The highest BCUT2D eigenvalue weighted by molar-refractivity contribution is 6.30. The van der Waals surface area contributed by atoms with Gasteiger partial charge in [-0.05, 0) is 54.3 Å². The van der Waals surface area contributed by atoms with Gasteiger partial charge < -0.3 is 5.32 Å². The van der Waals surface area contributed by atoms with Crippen LogP contribution in [0.2, 0.25) is 5.02 Å². The summed E-state index contributed by atoms with van der Waals surface area (Å²) in [4.78, 5) is 0. The van der Waals surface area contributed by atoms with Crippen LogP contribution in [0.1, 0.15) is 47.6 Å². The molecule has 0 bridgehead atoms. The molecule has 0 aliphatic heterocycles. The summed E-state index contributed by atoms with van der Waals surface area (Å²) in [5.74, 6) is 0.129. The molecule has 0 amide bonds. The molecule has 1 N–H and O–H groups in total. The minimum absolute atomic E-state index is 0.0573. The second-order valence-electron chi connectivity index (χ2n) is 7.46.